The van der Waals surface area contributed by atoms with E-state index in [1.807, 2.05) is 6.92 Å². The topological polar surface area (TPSA) is 52.9 Å². The van der Waals surface area contributed by atoms with Crippen molar-refractivity contribution < 1.29 is 4.79 Å². The van der Waals surface area contributed by atoms with Crippen molar-refractivity contribution >= 4 is 5.91 Å². The predicted octanol–water partition coefficient (Wildman–Crippen LogP) is 1.76. The molecule has 1 unspecified atom stereocenters. The molecule has 1 rings (SSSR count). The van der Waals surface area contributed by atoms with Gasteiger partial charge >= 0.3 is 0 Å². The lowest BCUT2D eigenvalue weighted by Gasteiger charge is -2.34. The van der Waals surface area contributed by atoms with Crippen molar-refractivity contribution in [3.05, 3.63) is 12.7 Å². The molecule has 14 heavy (non-hydrogen) atoms. The second-order valence-electron chi connectivity index (χ2n) is 3.95. The van der Waals surface area contributed by atoms with E-state index >= 15 is 0 Å². The lowest BCUT2D eigenvalue weighted by molar-refractivity contribution is -0.132. The molecule has 1 aliphatic carbocycles. The fourth-order valence-corrected chi connectivity index (χ4v) is 1.59. The molecular formula is C11H16N2O. The summed E-state index contributed by atoms with van der Waals surface area (Å²) in [4.78, 5) is 11.7. The SMILES string of the molecule is C=CCC(C)NC(=O)C1(C#N)CCC1. The summed E-state index contributed by atoms with van der Waals surface area (Å²) in [5, 5.41) is 11.8. The van der Waals surface area contributed by atoms with Crippen LogP contribution >= 0.6 is 0 Å². The smallest absolute Gasteiger partial charge is 0.240 e. The van der Waals surface area contributed by atoms with Gasteiger partial charge in [-0.2, -0.15) is 5.26 Å². The number of nitriles is 1. The summed E-state index contributed by atoms with van der Waals surface area (Å²) in [6, 6.07) is 2.20. The Morgan fingerprint density at radius 1 is 1.79 bits per heavy atom. The summed E-state index contributed by atoms with van der Waals surface area (Å²) in [5.74, 6) is -0.111. The molecule has 0 radical (unpaired) electrons. The molecule has 1 amide bonds. The molecule has 1 fully saturated rings. The lowest BCUT2D eigenvalue weighted by atomic mass is 9.69. The maximum atomic E-state index is 11.7. The number of hydrogen-bond donors (Lipinski definition) is 1. The van der Waals surface area contributed by atoms with Crippen LogP contribution in [0.15, 0.2) is 12.7 Å². The molecule has 0 aromatic heterocycles. The molecule has 0 spiro atoms. The van der Waals surface area contributed by atoms with Gasteiger partial charge in [-0.25, -0.2) is 0 Å². The van der Waals surface area contributed by atoms with E-state index in [0.717, 1.165) is 12.8 Å². The van der Waals surface area contributed by atoms with Gasteiger partial charge in [0.2, 0.25) is 5.91 Å². The minimum absolute atomic E-state index is 0.0748. The van der Waals surface area contributed by atoms with Crippen LogP contribution in [0, 0.1) is 16.7 Å². The van der Waals surface area contributed by atoms with Crippen molar-refractivity contribution in [3.8, 4) is 6.07 Å². The van der Waals surface area contributed by atoms with Crippen LogP contribution in [0.3, 0.4) is 0 Å². The Hall–Kier alpha value is -1.30. The normalized spacial score (nSPS) is 20.0. The molecule has 3 heteroatoms. The summed E-state index contributed by atoms with van der Waals surface area (Å²) in [7, 11) is 0. The first kappa shape index (κ1) is 10.8. The van der Waals surface area contributed by atoms with Crippen molar-refractivity contribution in [2.75, 3.05) is 0 Å². The number of hydrogen-bond acceptors (Lipinski definition) is 2. The largest absolute Gasteiger partial charge is 0.352 e. The fourth-order valence-electron chi connectivity index (χ4n) is 1.59. The second kappa shape index (κ2) is 4.28. The van der Waals surface area contributed by atoms with Crippen LogP contribution in [0.2, 0.25) is 0 Å². The zero-order valence-electron chi connectivity index (χ0n) is 8.55. The van der Waals surface area contributed by atoms with E-state index < -0.39 is 5.41 Å². The predicted molar refractivity (Wildman–Crippen MR) is 54.3 cm³/mol. The zero-order chi connectivity index (χ0) is 10.6. The van der Waals surface area contributed by atoms with Crippen molar-refractivity contribution in [1.29, 1.82) is 5.26 Å². The van der Waals surface area contributed by atoms with Gasteiger partial charge in [0.1, 0.15) is 5.41 Å². The summed E-state index contributed by atoms with van der Waals surface area (Å²) >= 11 is 0. The third kappa shape index (κ3) is 1.95. The molecule has 0 heterocycles. The van der Waals surface area contributed by atoms with Gasteiger partial charge in [-0.1, -0.05) is 6.08 Å². The van der Waals surface area contributed by atoms with Crippen LogP contribution in [0.4, 0.5) is 0 Å². The van der Waals surface area contributed by atoms with Gasteiger partial charge in [-0.15, -0.1) is 6.58 Å². The molecule has 1 saturated carbocycles. The second-order valence-corrected chi connectivity index (χ2v) is 3.95. The maximum Gasteiger partial charge on any atom is 0.240 e. The van der Waals surface area contributed by atoms with E-state index in [2.05, 4.69) is 18.0 Å². The molecule has 1 aliphatic rings. The number of nitrogens with one attached hydrogen (secondary N) is 1. The van der Waals surface area contributed by atoms with E-state index in [4.69, 9.17) is 5.26 Å². The number of carbonyl (C=O) groups excluding carboxylic acids is 1. The van der Waals surface area contributed by atoms with Gasteiger partial charge in [0.25, 0.3) is 0 Å². The highest BCUT2D eigenvalue weighted by molar-refractivity contribution is 5.86. The molecule has 0 aliphatic heterocycles. The van der Waals surface area contributed by atoms with E-state index in [9.17, 15) is 4.79 Å². The quantitative estimate of drug-likeness (QED) is 0.690. The van der Waals surface area contributed by atoms with Crippen molar-refractivity contribution in [2.45, 2.75) is 38.6 Å². The van der Waals surface area contributed by atoms with Crippen molar-refractivity contribution in [2.24, 2.45) is 5.41 Å². The maximum absolute atomic E-state index is 11.7. The van der Waals surface area contributed by atoms with Crippen LogP contribution in [-0.4, -0.2) is 11.9 Å². The molecule has 1 atom stereocenters. The first-order valence-corrected chi connectivity index (χ1v) is 4.98. The Bertz CT molecular complexity index is 274. The van der Waals surface area contributed by atoms with Crippen molar-refractivity contribution in [3.63, 3.8) is 0 Å². The molecular weight excluding hydrogens is 176 g/mol. The van der Waals surface area contributed by atoms with Crippen molar-refractivity contribution in [1.82, 2.24) is 5.32 Å². The van der Waals surface area contributed by atoms with Gasteiger partial charge in [0.15, 0.2) is 0 Å². The first-order chi connectivity index (χ1) is 6.64. The van der Waals surface area contributed by atoms with E-state index in [-0.39, 0.29) is 11.9 Å². The third-order valence-electron chi connectivity index (χ3n) is 2.75. The Morgan fingerprint density at radius 3 is 2.79 bits per heavy atom. The van der Waals surface area contributed by atoms with Gasteiger partial charge in [-0.05, 0) is 32.6 Å². The fraction of sp³-hybridized carbons (Fsp3) is 0.636. The van der Waals surface area contributed by atoms with Gasteiger partial charge in [0, 0.05) is 6.04 Å². The molecule has 76 valence electrons. The van der Waals surface area contributed by atoms with Crippen LogP contribution in [-0.2, 0) is 4.79 Å². The monoisotopic (exact) mass is 192 g/mol. The average Bonchev–Trinajstić information content (AvgIpc) is 2.03. The number of nitrogens with zero attached hydrogens (tertiary/aromatic N) is 1. The molecule has 0 bridgehead atoms. The van der Waals surface area contributed by atoms with Crippen LogP contribution in [0.25, 0.3) is 0 Å². The third-order valence-corrected chi connectivity index (χ3v) is 2.75. The lowest BCUT2D eigenvalue weighted by Crippen LogP contribution is -2.47. The Morgan fingerprint density at radius 2 is 2.43 bits per heavy atom. The zero-order valence-corrected chi connectivity index (χ0v) is 8.55. The van der Waals surface area contributed by atoms with Gasteiger partial charge in [-0.3, -0.25) is 4.79 Å². The molecule has 0 aromatic carbocycles. The highest BCUT2D eigenvalue weighted by Gasteiger charge is 2.44. The summed E-state index contributed by atoms with van der Waals surface area (Å²) in [5.41, 5.74) is -0.727. The van der Waals surface area contributed by atoms with Crippen LogP contribution < -0.4 is 5.32 Å². The summed E-state index contributed by atoms with van der Waals surface area (Å²) < 4.78 is 0. The Balaban J connectivity index is 2.49. The Labute approximate surface area is 84.8 Å². The molecule has 0 aromatic rings. The highest BCUT2D eigenvalue weighted by Crippen LogP contribution is 2.40. The minimum Gasteiger partial charge on any atom is -0.352 e. The number of carbonyl (C=O) groups is 1. The minimum atomic E-state index is -0.727. The van der Waals surface area contributed by atoms with Crippen LogP contribution in [0.1, 0.15) is 32.6 Å². The van der Waals surface area contributed by atoms with E-state index in [1.54, 1.807) is 6.08 Å². The van der Waals surface area contributed by atoms with Crippen LogP contribution in [0.5, 0.6) is 0 Å². The van der Waals surface area contributed by atoms with Gasteiger partial charge in [0.05, 0.1) is 6.07 Å². The highest BCUT2D eigenvalue weighted by atomic mass is 16.2. The Kier molecular flexibility index (Phi) is 3.29. The standard InChI is InChI=1S/C11H16N2O/c1-3-5-9(2)13-10(14)11(8-12)6-4-7-11/h3,9H,1,4-7H2,2H3,(H,13,14). The summed E-state index contributed by atoms with van der Waals surface area (Å²) in [6.07, 6.45) is 4.90. The van der Waals surface area contributed by atoms with E-state index in [1.165, 1.54) is 0 Å². The number of amides is 1. The summed E-state index contributed by atoms with van der Waals surface area (Å²) in [6.45, 7) is 5.53. The molecule has 3 nitrogen and oxygen atoms in total. The average molecular weight is 192 g/mol. The molecule has 1 N–H and O–H groups in total. The number of rotatable bonds is 4. The molecule has 0 saturated heterocycles. The van der Waals surface area contributed by atoms with Gasteiger partial charge < -0.3 is 5.32 Å². The van der Waals surface area contributed by atoms with E-state index in [0.29, 0.717) is 12.8 Å². The first-order valence-electron chi connectivity index (χ1n) is 4.98.